The Hall–Kier alpha value is -3.75. The third-order valence-corrected chi connectivity index (χ3v) is 8.13. The average molecular weight is 594 g/mol. The summed E-state index contributed by atoms with van der Waals surface area (Å²) in [6, 6.07) is -0.555. The van der Waals surface area contributed by atoms with E-state index in [9.17, 15) is 27.2 Å². The van der Waals surface area contributed by atoms with Gasteiger partial charge in [0.2, 0.25) is 5.92 Å². The van der Waals surface area contributed by atoms with E-state index < -0.39 is 49.0 Å². The van der Waals surface area contributed by atoms with Crippen LogP contribution in [0.1, 0.15) is 77.9 Å². The van der Waals surface area contributed by atoms with Gasteiger partial charge >= 0.3 is 6.03 Å². The molecule has 0 spiro atoms. The largest absolute Gasteiger partial charge is 0.376 e. The lowest BCUT2D eigenvalue weighted by molar-refractivity contribution is -0.0542. The standard InChI is InChI=1S/C27H31F4N7O4/c1-15-19(11-42-36-15)24(39)35-23(16-4-6-26(28,29)7-5-16)20-10-38-22(34-20)8-17(9-33-38)21(12-41-18-2-3-18)37-14-27(30,31)13-32-25(37)40/h8-11,16,18,21,23H,2-7,12-14H2,1H3,(H,32,40)(H,35,39)/t21-,23+/m1/s1. The number of urea groups is 1. The third-order valence-electron chi connectivity index (χ3n) is 8.13. The molecule has 0 unspecified atom stereocenters. The summed E-state index contributed by atoms with van der Waals surface area (Å²) >= 11 is 0. The zero-order chi connectivity index (χ0) is 29.6. The minimum absolute atomic E-state index is 0.00659. The SMILES string of the molecule is Cc1nocc1C(=O)N[C@H](c1cn2ncc([C@@H](COC3CC3)N3CC(F)(F)CNC3=O)cc2n1)C1CCC(F)(F)CC1. The summed E-state index contributed by atoms with van der Waals surface area (Å²) in [5.74, 6) is -6.68. The van der Waals surface area contributed by atoms with Crippen molar-refractivity contribution in [3.63, 3.8) is 0 Å². The van der Waals surface area contributed by atoms with Gasteiger partial charge in [-0.25, -0.2) is 31.9 Å². The van der Waals surface area contributed by atoms with Crippen LogP contribution in [0.25, 0.3) is 5.65 Å². The molecule has 1 saturated heterocycles. The first-order valence-corrected chi connectivity index (χ1v) is 14.0. The van der Waals surface area contributed by atoms with E-state index in [1.807, 2.05) is 0 Å². The summed E-state index contributed by atoms with van der Waals surface area (Å²) < 4.78 is 68.8. The maximum absolute atomic E-state index is 14.3. The molecule has 2 saturated carbocycles. The van der Waals surface area contributed by atoms with E-state index in [2.05, 4.69) is 25.9 Å². The predicted octanol–water partition coefficient (Wildman–Crippen LogP) is 4.20. The second-order valence-electron chi connectivity index (χ2n) is 11.4. The number of hydrogen-bond acceptors (Lipinski definition) is 7. The number of imidazole rings is 1. The molecule has 11 nitrogen and oxygen atoms in total. The smallest absolute Gasteiger partial charge is 0.318 e. The van der Waals surface area contributed by atoms with Crippen molar-refractivity contribution in [2.24, 2.45) is 5.92 Å². The number of carbonyl (C=O) groups is 2. The number of fused-ring (bicyclic) bond motifs is 1. The lowest BCUT2D eigenvalue weighted by Crippen LogP contribution is -2.58. The number of amides is 3. The molecule has 2 N–H and O–H groups in total. The van der Waals surface area contributed by atoms with Gasteiger partial charge in [-0.1, -0.05) is 5.16 Å². The van der Waals surface area contributed by atoms with Gasteiger partial charge in [-0.2, -0.15) is 5.10 Å². The van der Waals surface area contributed by atoms with Crippen LogP contribution in [-0.4, -0.2) is 74.2 Å². The first kappa shape index (κ1) is 28.4. The molecule has 6 rings (SSSR count). The van der Waals surface area contributed by atoms with Crippen molar-refractivity contribution in [1.29, 1.82) is 0 Å². The van der Waals surface area contributed by atoms with Crippen LogP contribution in [0.2, 0.25) is 0 Å². The average Bonchev–Trinajstić information content (AvgIpc) is 3.51. The fourth-order valence-corrected chi connectivity index (χ4v) is 5.56. The van der Waals surface area contributed by atoms with Gasteiger partial charge in [-0.05, 0) is 44.6 Å². The quantitative estimate of drug-likeness (QED) is 0.356. The first-order chi connectivity index (χ1) is 20.0. The van der Waals surface area contributed by atoms with Gasteiger partial charge in [0.15, 0.2) is 5.65 Å². The van der Waals surface area contributed by atoms with E-state index in [4.69, 9.17) is 9.26 Å². The summed E-state index contributed by atoms with van der Waals surface area (Å²) in [4.78, 5) is 31.5. The fourth-order valence-electron chi connectivity index (χ4n) is 5.56. The monoisotopic (exact) mass is 593 g/mol. The molecule has 0 bridgehead atoms. The van der Waals surface area contributed by atoms with Crippen molar-refractivity contribution in [3.8, 4) is 0 Å². The molecule has 4 heterocycles. The maximum Gasteiger partial charge on any atom is 0.318 e. The zero-order valence-corrected chi connectivity index (χ0v) is 22.9. The van der Waals surface area contributed by atoms with E-state index in [0.717, 1.165) is 17.7 Å². The molecule has 3 fully saturated rings. The molecule has 0 radical (unpaired) electrons. The molecular weight excluding hydrogens is 562 g/mol. The number of aromatic nitrogens is 4. The molecule has 1 aliphatic heterocycles. The highest BCUT2D eigenvalue weighted by Gasteiger charge is 2.43. The Kier molecular flexibility index (Phi) is 7.31. The Morgan fingerprint density at radius 2 is 1.98 bits per heavy atom. The van der Waals surface area contributed by atoms with Gasteiger partial charge in [0, 0.05) is 18.4 Å². The van der Waals surface area contributed by atoms with Gasteiger partial charge in [0.05, 0.1) is 61.7 Å². The second kappa shape index (κ2) is 10.8. The van der Waals surface area contributed by atoms with Crippen LogP contribution < -0.4 is 10.6 Å². The Balaban J connectivity index is 1.31. The van der Waals surface area contributed by atoms with Gasteiger partial charge < -0.3 is 24.8 Å². The zero-order valence-electron chi connectivity index (χ0n) is 22.9. The summed E-state index contributed by atoms with van der Waals surface area (Å²) in [6.45, 7) is 0.110. The van der Waals surface area contributed by atoms with Crippen LogP contribution in [0.5, 0.6) is 0 Å². The summed E-state index contributed by atoms with van der Waals surface area (Å²) in [6.07, 6.45) is 5.78. The molecule has 2 atom stereocenters. The van der Waals surface area contributed by atoms with Crippen LogP contribution in [0.3, 0.4) is 0 Å². The van der Waals surface area contributed by atoms with Crippen LogP contribution in [0, 0.1) is 12.8 Å². The molecule has 0 aromatic carbocycles. The van der Waals surface area contributed by atoms with Crippen molar-refractivity contribution < 1.29 is 36.4 Å². The van der Waals surface area contributed by atoms with Crippen molar-refractivity contribution in [2.45, 2.75) is 75.5 Å². The highest BCUT2D eigenvalue weighted by Crippen LogP contribution is 2.41. The number of halogens is 4. The highest BCUT2D eigenvalue weighted by atomic mass is 19.3. The molecule has 226 valence electrons. The molecule has 15 heteroatoms. The number of aryl methyl sites for hydroxylation is 1. The Morgan fingerprint density at radius 1 is 1.21 bits per heavy atom. The molecule has 42 heavy (non-hydrogen) atoms. The van der Waals surface area contributed by atoms with Crippen molar-refractivity contribution in [2.75, 3.05) is 19.7 Å². The van der Waals surface area contributed by atoms with Crippen molar-refractivity contribution in [3.05, 3.63) is 47.2 Å². The number of nitrogens with zero attached hydrogens (tertiary/aromatic N) is 5. The van der Waals surface area contributed by atoms with Crippen LogP contribution in [0.15, 0.2) is 29.2 Å². The minimum Gasteiger partial charge on any atom is -0.376 e. The van der Waals surface area contributed by atoms with Crippen LogP contribution in [0.4, 0.5) is 22.4 Å². The summed E-state index contributed by atoms with van der Waals surface area (Å²) in [5.41, 5.74) is 1.80. The Morgan fingerprint density at radius 3 is 2.67 bits per heavy atom. The van der Waals surface area contributed by atoms with E-state index in [0.29, 0.717) is 22.6 Å². The topological polar surface area (TPSA) is 127 Å². The van der Waals surface area contributed by atoms with E-state index in [1.54, 1.807) is 19.2 Å². The Bertz CT molecular complexity index is 1460. The minimum atomic E-state index is -3.12. The lowest BCUT2D eigenvalue weighted by Gasteiger charge is -2.38. The molecule has 3 amide bonds. The van der Waals surface area contributed by atoms with E-state index in [-0.39, 0.29) is 49.9 Å². The number of ether oxygens (including phenoxy) is 1. The molecule has 3 aromatic heterocycles. The second-order valence-corrected chi connectivity index (χ2v) is 11.4. The molecular formula is C27H31F4N7O4. The predicted molar refractivity (Wildman–Crippen MR) is 138 cm³/mol. The van der Waals surface area contributed by atoms with Crippen molar-refractivity contribution >= 4 is 17.6 Å². The number of hydrogen-bond donors (Lipinski definition) is 2. The number of rotatable bonds is 9. The highest BCUT2D eigenvalue weighted by molar-refractivity contribution is 5.95. The van der Waals surface area contributed by atoms with Gasteiger partial charge in [-0.15, -0.1) is 0 Å². The maximum atomic E-state index is 14.3. The van der Waals surface area contributed by atoms with Gasteiger partial charge in [0.25, 0.3) is 11.8 Å². The van der Waals surface area contributed by atoms with Crippen molar-refractivity contribution in [1.82, 2.24) is 35.3 Å². The van der Waals surface area contributed by atoms with Gasteiger partial charge in [-0.3, -0.25) is 4.79 Å². The number of alkyl halides is 4. The molecule has 3 aliphatic rings. The van der Waals surface area contributed by atoms with Gasteiger partial charge in [0.1, 0.15) is 11.8 Å². The van der Waals surface area contributed by atoms with Crippen LogP contribution >= 0.6 is 0 Å². The normalized spacial score (nSPS) is 22.1. The fraction of sp³-hybridized carbons (Fsp3) is 0.593. The Labute approximate surface area is 237 Å². The summed E-state index contributed by atoms with van der Waals surface area (Å²) in [7, 11) is 0. The van der Waals surface area contributed by atoms with E-state index >= 15 is 0 Å². The first-order valence-electron chi connectivity index (χ1n) is 14.0. The summed E-state index contributed by atoms with van der Waals surface area (Å²) in [5, 5.41) is 13.3. The third kappa shape index (κ3) is 6.05. The molecule has 2 aliphatic carbocycles. The number of nitrogens with one attached hydrogen (secondary N) is 2. The van der Waals surface area contributed by atoms with E-state index in [1.165, 1.54) is 17.0 Å². The molecule has 3 aromatic rings. The number of carbonyl (C=O) groups excluding carboxylic acids is 2. The lowest BCUT2D eigenvalue weighted by atomic mass is 9.81. The van der Waals surface area contributed by atoms with Crippen LogP contribution in [-0.2, 0) is 4.74 Å².